The fourth-order valence-electron chi connectivity index (χ4n) is 6.68. The molecule has 6 heteroatoms. The molecule has 2 aromatic heterocycles. The number of fused-ring (bicyclic) bond motifs is 1. The number of aromatic nitrogens is 5. The Labute approximate surface area is 312 Å². The van der Waals surface area contributed by atoms with Crippen molar-refractivity contribution in [3.05, 3.63) is 188 Å². The Morgan fingerprint density at radius 3 is 1.43 bits per heavy atom. The minimum Gasteiger partial charge on any atom is -0.228 e. The van der Waals surface area contributed by atoms with E-state index in [1.807, 2.05) is 146 Å². The minimum absolute atomic E-state index is 0.553. The first kappa shape index (κ1) is 32.3. The standard InChI is InChI=1S/C48H30N6/c49-31-40-27-26-36(35-20-12-22-38(28-35)47-50-43-25-11-10-24-41(43)44(51-47)32-14-4-1-5-15-32)30-42(40)37-21-13-23-39(29-37)48-53-45(33-16-6-2-7-17-33)52-46(54-48)34-18-8-3-9-19-34/h1-30H. The maximum Gasteiger partial charge on any atom is 0.164 e. The molecule has 0 unspecified atom stereocenters. The largest absolute Gasteiger partial charge is 0.228 e. The SMILES string of the molecule is N#Cc1ccc(-c2cccc(-c3nc(-c4ccccc4)c4ccccc4n3)c2)cc1-c1cccc(-c2nc(-c3ccccc3)nc(-c3ccccc3)n2)c1. The summed E-state index contributed by atoms with van der Waals surface area (Å²) in [6.07, 6.45) is 0. The van der Waals surface area contributed by atoms with Crippen LogP contribution >= 0.6 is 0 Å². The van der Waals surface area contributed by atoms with Gasteiger partial charge in [-0.25, -0.2) is 24.9 Å². The lowest BCUT2D eigenvalue weighted by atomic mass is 9.93. The first-order chi connectivity index (χ1) is 26.7. The van der Waals surface area contributed by atoms with E-state index >= 15 is 0 Å². The van der Waals surface area contributed by atoms with Gasteiger partial charge in [-0.05, 0) is 47.0 Å². The van der Waals surface area contributed by atoms with Gasteiger partial charge in [0.25, 0.3) is 0 Å². The van der Waals surface area contributed by atoms with Crippen LogP contribution in [-0.4, -0.2) is 24.9 Å². The second-order valence-electron chi connectivity index (χ2n) is 12.9. The minimum atomic E-state index is 0.553. The monoisotopic (exact) mass is 690 g/mol. The van der Waals surface area contributed by atoms with E-state index in [1.165, 1.54) is 0 Å². The highest BCUT2D eigenvalue weighted by molar-refractivity contribution is 5.94. The molecule has 0 saturated heterocycles. The summed E-state index contributed by atoms with van der Waals surface area (Å²) in [7, 11) is 0. The fourth-order valence-corrected chi connectivity index (χ4v) is 6.68. The number of nitriles is 1. The van der Waals surface area contributed by atoms with Gasteiger partial charge in [-0.2, -0.15) is 5.26 Å². The van der Waals surface area contributed by atoms with Gasteiger partial charge in [0.05, 0.1) is 22.8 Å². The second kappa shape index (κ2) is 14.2. The molecular weight excluding hydrogens is 661 g/mol. The topological polar surface area (TPSA) is 88.2 Å². The Balaban J connectivity index is 1.12. The van der Waals surface area contributed by atoms with E-state index in [4.69, 9.17) is 24.9 Å². The molecule has 2 heterocycles. The molecule has 0 radical (unpaired) electrons. The third kappa shape index (κ3) is 6.38. The van der Waals surface area contributed by atoms with Crippen molar-refractivity contribution in [2.45, 2.75) is 0 Å². The lowest BCUT2D eigenvalue weighted by Gasteiger charge is -2.12. The smallest absolute Gasteiger partial charge is 0.164 e. The van der Waals surface area contributed by atoms with Gasteiger partial charge >= 0.3 is 0 Å². The number of nitrogens with zero attached hydrogens (tertiary/aromatic N) is 6. The molecule has 0 aliphatic rings. The molecule has 0 spiro atoms. The van der Waals surface area contributed by atoms with Gasteiger partial charge < -0.3 is 0 Å². The average Bonchev–Trinajstić information content (AvgIpc) is 3.26. The molecular formula is C48H30N6. The lowest BCUT2D eigenvalue weighted by Crippen LogP contribution is -2.00. The van der Waals surface area contributed by atoms with Crippen LogP contribution < -0.4 is 0 Å². The normalized spacial score (nSPS) is 10.9. The molecule has 0 bridgehead atoms. The Bertz CT molecular complexity index is 2770. The third-order valence-electron chi connectivity index (χ3n) is 9.38. The van der Waals surface area contributed by atoms with Crippen LogP contribution in [0.3, 0.4) is 0 Å². The highest BCUT2D eigenvalue weighted by Crippen LogP contribution is 2.35. The Morgan fingerprint density at radius 1 is 0.333 bits per heavy atom. The highest BCUT2D eigenvalue weighted by Gasteiger charge is 2.16. The summed E-state index contributed by atoms with van der Waals surface area (Å²) in [6.45, 7) is 0. The van der Waals surface area contributed by atoms with Crippen molar-refractivity contribution in [2.75, 3.05) is 0 Å². The zero-order valence-corrected chi connectivity index (χ0v) is 29.0. The Hall–Kier alpha value is -7.62. The van der Waals surface area contributed by atoms with Gasteiger partial charge in [-0.3, -0.25) is 0 Å². The van der Waals surface area contributed by atoms with Crippen molar-refractivity contribution in [1.29, 1.82) is 5.26 Å². The molecule has 54 heavy (non-hydrogen) atoms. The lowest BCUT2D eigenvalue weighted by molar-refractivity contribution is 1.07. The molecule has 0 atom stereocenters. The molecule has 9 rings (SSSR count). The van der Waals surface area contributed by atoms with Crippen LogP contribution in [0.1, 0.15) is 5.56 Å². The summed E-state index contributed by atoms with van der Waals surface area (Å²) >= 11 is 0. The summed E-state index contributed by atoms with van der Waals surface area (Å²) in [5.74, 6) is 2.39. The first-order valence-electron chi connectivity index (χ1n) is 17.6. The fraction of sp³-hybridized carbons (Fsp3) is 0. The van der Waals surface area contributed by atoms with Gasteiger partial charge in [0.1, 0.15) is 0 Å². The van der Waals surface area contributed by atoms with Crippen molar-refractivity contribution in [3.63, 3.8) is 0 Å². The molecule has 0 fully saturated rings. The van der Waals surface area contributed by atoms with Crippen molar-refractivity contribution in [1.82, 2.24) is 24.9 Å². The molecule has 0 aliphatic carbocycles. The Kier molecular flexibility index (Phi) is 8.48. The molecule has 0 saturated carbocycles. The van der Waals surface area contributed by atoms with E-state index in [0.717, 1.165) is 66.7 Å². The zero-order valence-electron chi connectivity index (χ0n) is 29.0. The van der Waals surface area contributed by atoms with Crippen LogP contribution in [0.25, 0.3) is 90.0 Å². The molecule has 0 aliphatic heterocycles. The quantitative estimate of drug-likeness (QED) is 0.165. The van der Waals surface area contributed by atoms with Crippen LogP contribution in [0.2, 0.25) is 0 Å². The van der Waals surface area contributed by atoms with Crippen LogP contribution in [0, 0.1) is 11.3 Å². The summed E-state index contributed by atoms with van der Waals surface area (Å²) in [5.41, 5.74) is 10.6. The van der Waals surface area contributed by atoms with Crippen LogP contribution in [-0.2, 0) is 0 Å². The number of rotatable bonds is 7. The van der Waals surface area contributed by atoms with E-state index in [9.17, 15) is 5.26 Å². The van der Waals surface area contributed by atoms with Gasteiger partial charge in [-0.1, -0.05) is 152 Å². The number of benzene rings is 7. The molecule has 6 nitrogen and oxygen atoms in total. The van der Waals surface area contributed by atoms with E-state index in [1.54, 1.807) is 0 Å². The Morgan fingerprint density at radius 2 is 0.796 bits per heavy atom. The van der Waals surface area contributed by atoms with Crippen LogP contribution in [0.5, 0.6) is 0 Å². The highest BCUT2D eigenvalue weighted by atomic mass is 15.0. The van der Waals surface area contributed by atoms with Crippen LogP contribution in [0.15, 0.2) is 182 Å². The molecule has 0 N–H and O–H groups in total. The van der Waals surface area contributed by atoms with E-state index in [2.05, 4.69) is 42.5 Å². The van der Waals surface area contributed by atoms with Crippen molar-refractivity contribution in [3.8, 4) is 85.1 Å². The first-order valence-corrected chi connectivity index (χ1v) is 17.6. The zero-order chi connectivity index (χ0) is 36.3. The predicted octanol–water partition coefficient (Wildman–Crippen LogP) is 11.4. The van der Waals surface area contributed by atoms with E-state index in [-0.39, 0.29) is 0 Å². The molecule has 9 aromatic rings. The second-order valence-corrected chi connectivity index (χ2v) is 12.9. The summed E-state index contributed by atoms with van der Waals surface area (Å²) in [5, 5.41) is 11.3. The van der Waals surface area contributed by atoms with Crippen molar-refractivity contribution < 1.29 is 0 Å². The van der Waals surface area contributed by atoms with Gasteiger partial charge in [0.2, 0.25) is 0 Å². The maximum atomic E-state index is 10.3. The van der Waals surface area contributed by atoms with E-state index < -0.39 is 0 Å². The summed E-state index contributed by atoms with van der Waals surface area (Å²) < 4.78 is 0. The number of hydrogen-bond donors (Lipinski definition) is 0. The average molecular weight is 691 g/mol. The molecule has 7 aromatic carbocycles. The van der Waals surface area contributed by atoms with E-state index in [0.29, 0.717) is 28.9 Å². The number of hydrogen-bond acceptors (Lipinski definition) is 6. The van der Waals surface area contributed by atoms with Gasteiger partial charge in [0, 0.05) is 38.8 Å². The van der Waals surface area contributed by atoms with Crippen molar-refractivity contribution >= 4 is 10.9 Å². The molecule has 0 amide bonds. The van der Waals surface area contributed by atoms with Crippen molar-refractivity contribution in [2.24, 2.45) is 0 Å². The summed E-state index contributed by atoms with van der Waals surface area (Å²) in [6, 6.07) is 62.8. The molecule has 252 valence electrons. The van der Waals surface area contributed by atoms with Crippen LogP contribution in [0.4, 0.5) is 0 Å². The maximum absolute atomic E-state index is 10.3. The summed E-state index contributed by atoms with van der Waals surface area (Å²) in [4.78, 5) is 24.8. The third-order valence-corrected chi connectivity index (χ3v) is 9.38. The van der Waals surface area contributed by atoms with Gasteiger partial charge in [-0.15, -0.1) is 0 Å². The predicted molar refractivity (Wildman–Crippen MR) is 216 cm³/mol. The number of para-hydroxylation sites is 1. The van der Waals surface area contributed by atoms with Gasteiger partial charge in [0.15, 0.2) is 23.3 Å².